The van der Waals surface area contributed by atoms with Crippen molar-refractivity contribution >= 4 is 23.7 Å². The monoisotopic (exact) mass is 355 g/mol. The van der Waals surface area contributed by atoms with Crippen LogP contribution in [0.2, 0.25) is 0 Å². The molecule has 0 atom stereocenters. The number of nitrogens with zero attached hydrogens (tertiary/aromatic N) is 1. The molecule has 2 aromatic rings. The fourth-order valence-electron chi connectivity index (χ4n) is 2.28. The second-order valence-corrected chi connectivity index (χ2v) is 5.59. The van der Waals surface area contributed by atoms with Gasteiger partial charge in [-0.15, -0.1) is 0 Å². The Morgan fingerprint density at radius 1 is 0.962 bits per heavy atom. The molecule has 7 nitrogen and oxygen atoms in total. The Bertz CT molecular complexity index is 847. The SMILES string of the molecule is COc1ccc(/C=N/NC(=O)C(=O)Nc2ccc(C)cc2C)cc1OC. The highest BCUT2D eigenvalue weighted by atomic mass is 16.5. The van der Waals surface area contributed by atoms with Crippen LogP contribution in [0.4, 0.5) is 5.69 Å². The molecule has 0 spiro atoms. The maximum absolute atomic E-state index is 11.9. The van der Waals surface area contributed by atoms with Crippen molar-refractivity contribution in [2.24, 2.45) is 5.10 Å². The highest BCUT2D eigenvalue weighted by Gasteiger charge is 2.14. The number of aryl methyl sites for hydroxylation is 2. The van der Waals surface area contributed by atoms with Gasteiger partial charge in [0.2, 0.25) is 0 Å². The lowest BCUT2D eigenvalue weighted by molar-refractivity contribution is -0.136. The normalized spacial score (nSPS) is 10.5. The Morgan fingerprint density at radius 2 is 1.69 bits per heavy atom. The third-order valence-electron chi connectivity index (χ3n) is 3.62. The van der Waals surface area contributed by atoms with Crippen LogP contribution in [-0.2, 0) is 9.59 Å². The molecule has 136 valence electrons. The van der Waals surface area contributed by atoms with Crippen molar-refractivity contribution in [1.82, 2.24) is 5.43 Å². The number of benzene rings is 2. The smallest absolute Gasteiger partial charge is 0.329 e. The van der Waals surface area contributed by atoms with Gasteiger partial charge in [0.15, 0.2) is 11.5 Å². The van der Waals surface area contributed by atoms with Crippen molar-refractivity contribution in [3.8, 4) is 11.5 Å². The van der Waals surface area contributed by atoms with Crippen molar-refractivity contribution in [2.75, 3.05) is 19.5 Å². The number of methoxy groups -OCH3 is 2. The molecule has 0 saturated carbocycles. The van der Waals surface area contributed by atoms with Crippen molar-refractivity contribution in [3.63, 3.8) is 0 Å². The molecule has 2 aromatic carbocycles. The Balaban J connectivity index is 1.97. The Hall–Kier alpha value is -3.35. The second kappa shape index (κ2) is 8.66. The first-order valence-electron chi connectivity index (χ1n) is 7.88. The molecule has 0 aliphatic heterocycles. The van der Waals surface area contributed by atoms with Crippen molar-refractivity contribution < 1.29 is 19.1 Å². The van der Waals surface area contributed by atoms with E-state index < -0.39 is 11.8 Å². The summed E-state index contributed by atoms with van der Waals surface area (Å²) in [5.41, 5.74) is 5.40. The third kappa shape index (κ3) is 4.83. The van der Waals surface area contributed by atoms with Crippen molar-refractivity contribution in [2.45, 2.75) is 13.8 Å². The van der Waals surface area contributed by atoms with E-state index in [9.17, 15) is 9.59 Å². The predicted molar refractivity (Wildman–Crippen MR) is 99.8 cm³/mol. The summed E-state index contributed by atoms with van der Waals surface area (Å²) < 4.78 is 10.3. The molecule has 2 amide bonds. The molecule has 0 saturated heterocycles. The quantitative estimate of drug-likeness (QED) is 0.490. The number of hydrazone groups is 1. The van der Waals surface area contributed by atoms with E-state index in [0.29, 0.717) is 22.7 Å². The highest BCUT2D eigenvalue weighted by Crippen LogP contribution is 2.26. The van der Waals surface area contributed by atoms with Crippen LogP contribution in [0.15, 0.2) is 41.5 Å². The van der Waals surface area contributed by atoms with Crippen LogP contribution in [0.3, 0.4) is 0 Å². The summed E-state index contributed by atoms with van der Waals surface area (Å²) in [6.07, 6.45) is 1.41. The summed E-state index contributed by atoms with van der Waals surface area (Å²) in [5.74, 6) is -0.528. The molecule has 0 aliphatic rings. The van der Waals surface area contributed by atoms with Gasteiger partial charge in [-0.25, -0.2) is 5.43 Å². The molecule has 2 rings (SSSR count). The van der Waals surface area contributed by atoms with Gasteiger partial charge < -0.3 is 14.8 Å². The average molecular weight is 355 g/mol. The number of ether oxygens (including phenoxy) is 2. The van der Waals surface area contributed by atoms with Crippen molar-refractivity contribution in [3.05, 3.63) is 53.1 Å². The number of rotatable bonds is 5. The maximum Gasteiger partial charge on any atom is 0.329 e. The molecule has 0 aromatic heterocycles. The van der Waals surface area contributed by atoms with Gasteiger partial charge in [-0.05, 0) is 49.2 Å². The lowest BCUT2D eigenvalue weighted by Crippen LogP contribution is -2.32. The second-order valence-electron chi connectivity index (χ2n) is 5.59. The van der Waals surface area contributed by atoms with E-state index in [-0.39, 0.29) is 0 Å². The van der Waals surface area contributed by atoms with Gasteiger partial charge in [-0.1, -0.05) is 17.7 Å². The summed E-state index contributed by atoms with van der Waals surface area (Å²) in [4.78, 5) is 23.8. The number of carbonyl (C=O) groups is 2. The minimum absolute atomic E-state index is 0.537. The molecular weight excluding hydrogens is 334 g/mol. The molecule has 2 N–H and O–H groups in total. The average Bonchev–Trinajstić information content (AvgIpc) is 2.63. The highest BCUT2D eigenvalue weighted by molar-refractivity contribution is 6.39. The zero-order valence-electron chi connectivity index (χ0n) is 15.1. The molecule has 0 aliphatic carbocycles. The first kappa shape index (κ1) is 19.0. The van der Waals surface area contributed by atoms with Gasteiger partial charge in [-0.3, -0.25) is 9.59 Å². The van der Waals surface area contributed by atoms with Crippen LogP contribution in [0.5, 0.6) is 11.5 Å². The molecule has 0 heterocycles. The van der Waals surface area contributed by atoms with E-state index in [1.54, 1.807) is 31.4 Å². The van der Waals surface area contributed by atoms with Gasteiger partial charge in [0.25, 0.3) is 0 Å². The number of amides is 2. The molecular formula is C19H21N3O4. The van der Waals surface area contributed by atoms with Crippen LogP contribution in [0, 0.1) is 13.8 Å². The Kier molecular flexibility index (Phi) is 6.32. The van der Waals surface area contributed by atoms with E-state index >= 15 is 0 Å². The third-order valence-corrected chi connectivity index (χ3v) is 3.62. The van der Waals surface area contributed by atoms with E-state index in [4.69, 9.17) is 9.47 Å². The van der Waals surface area contributed by atoms with E-state index in [0.717, 1.165) is 11.1 Å². The van der Waals surface area contributed by atoms with Gasteiger partial charge >= 0.3 is 11.8 Å². The fourth-order valence-corrected chi connectivity index (χ4v) is 2.28. The number of carbonyl (C=O) groups excluding carboxylic acids is 2. The van der Waals surface area contributed by atoms with E-state index in [1.807, 2.05) is 26.0 Å². The van der Waals surface area contributed by atoms with Gasteiger partial charge in [0, 0.05) is 5.69 Å². The summed E-state index contributed by atoms with van der Waals surface area (Å²) >= 11 is 0. The van der Waals surface area contributed by atoms with E-state index in [1.165, 1.54) is 13.3 Å². The molecule has 0 bridgehead atoms. The summed E-state index contributed by atoms with van der Waals surface area (Å²) in [6.45, 7) is 3.81. The summed E-state index contributed by atoms with van der Waals surface area (Å²) in [7, 11) is 3.07. The summed E-state index contributed by atoms with van der Waals surface area (Å²) in [6, 6.07) is 10.7. The minimum atomic E-state index is -0.860. The number of nitrogens with one attached hydrogen (secondary N) is 2. The standard InChI is InChI=1S/C19H21N3O4/c1-12-5-7-15(13(2)9-12)21-18(23)19(24)22-20-11-14-6-8-16(25-3)17(10-14)26-4/h5-11H,1-4H3,(H,21,23)(H,22,24)/b20-11+. The Labute approximate surface area is 152 Å². The Morgan fingerprint density at radius 3 is 2.35 bits per heavy atom. The van der Waals surface area contributed by atoms with Gasteiger partial charge in [-0.2, -0.15) is 5.10 Å². The maximum atomic E-state index is 11.9. The molecule has 26 heavy (non-hydrogen) atoms. The zero-order valence-corrected chi connectivity index (χ0v) is 15.1. The first-order chi connectivity index (χ1) is 12.4. The largest absolute Gasteiger partial charge is 0.493 e. The summed E-state index contributed by atoms with van der Waals surface area (Å²) in [5, 5.41) is 6.35. The topological polar surface area (TPSA) is 89.0 Å². The molecule has 0 fully saturated rings. The van der Waals surface area contributed by atoms with Crippen LogP contribution in [0.25, 0.3) is 0 Å². The van der Waals surface area contributed by atoms with E-state index in [2.05, 4.69) is 15.8 Å². The lowest BCUT2D eigenvalue weighted by Gasteiger charge is -2.08. The molecule has 7 heteroatoms. The fraction of sp³-hybridized carbons (Fsp3) is 0.211. The van der Waals surface area contributed by atoms with Gasteiger partial charge in [0.1, 0.15) is 0 Å². The molecule has 0 unspecified atom stereocenters. The van der Waals surface area contributed by atoms with Crippen molar-refractivity contribution in [1.29, 1.82) is 0 Å². The number of hydrogen-bond donors (Lipinski definition) is 2. The number of hydrogen-bond acceptors (Lipinski definition) is 5. The lowest BCUT2D eigenvalue weighted by atomic mass is 10.1. The van der Waals surface area contributed by atoms with Crippen LogP contribution >= 0.6 is 0 Å². The van der Waals surface area contributed by atoms with Crippen LogP contribution in [0.1, 0.15) is 16.7 Å². The number of anilines is 1. The molecule has 0 radical (unpaired) electrons. The predicted octanol–water partition coefficient (Wildman–Crippen LogP) is 2.41. The minimum Gasteiger partial charge on any atom is -0.493 e. The first-order valence-corrected chi connectivity index (χ1v) is 7.88. The van der Waals surface area contributed by atoms with Crippen LogP contribution < -0.4 is 20.2 Å². The zero-order chi connectivity index (χ0) is 19.1. The van der Waals surface area contributed by atoms with Crippen LogP contribution in [-0.4, -0.2) is 32.2 Å². The van der Waals surface area contributed by atoms with Gasteiger partial charge in [0.05, 0.1) is 20.4 Å².